The van der Waals surface area contributed by atoms with Gasteiger partial charge in [0.1, 0.15) is 5.75 Å². The third-order valence-corrected chi connectivity index (χ3v) is 6.82. The molecular formula is C21H16BrN3O3S. The van der Waals surface area contributed by atoms with E-state index in [1.54, 1.807) is 23.5 Å². The second-order valence-electron chi connectivity index (χ2n) is 7.16. The molecule has 0 saturated heterocycles. The largest absolute Gasteiger partial charge is 0.462 e. The molecule has 8 heteroatoms. The first-order valence-electron chi connectivity index (χ1n) is 9.10. The van der Waals surface area contributed by atoms with Crippen molar-refractivity contribution in [3.8, 4) is 5.75 Å². The maximum absolute atomic E-state index is 11.1. The summed E-state index contributed by atoms with van der Waals surface area (Å²) < 4.78 is 7.46. The van der Waals surface area contributed by atoms with Gasteiger partial charge in [-0.05, 0) is 41.8 Å². The fourth-order valence-electron chi connectivity index (χ4n) is 3.95. The van der Waals surface area contributed by atoms with E-state index in [9.17, 15) is 10.1 Å². The predicted octanol–water partition coefficient (Wildman–Crippen LogP) is 5.84. The van der Waals surface area contributed by atoms with E-state index in [-0.39, 0.29) is 11.7 Å². The van der Waals surface area contributed by atoms with Crippen LogP contribution in [0.15, 0.2) is 69.6 Å². The number of fused-ring (bicyclic) bond motifs is 3. The third kappa shape index (κ3) is 2.94. The maximum atomic E-state index is 11.1. The molecule has 0 amide bonds. The molecule has 2 aliphatic heterocycles. The lowest BCUT2D eigenvalue weighted by Crippen LogP contribution is -2.48. The molecule has 2 aromatic carbocycles. The summed E-state index contributed by atoms with van der Waals surface area (Å²) >= 11 is 5.23. The standard InChI is InChI=1S/C21H16BrN3O3S/c1-21(13-4-7-15(8-5-13)25(26)27)24-18(12-17(23-24)20-3-2-10-29-20)16-11-14(22)6-9-19(16)28-21/h2-11,18H,12H2,1H3/t18-,21+/m0/s1. The zero-order valence-corrected chi connectivity index (χ0v) is 17.8. The summed E-state index contributed by atoms with van der Waals surface area (Å²) in [6.45, 7) is 1.97. The summed E-state index contributed by atoms with van der Waals surface area (Å²) in [5.41, 5.74) is 2.10. The lowest BCUT2D eigenvalue weighted by atomic mass is 9.93. The van der Waals surface area contributed by atoms with Gasteiger partial charge in [0.25, 0.3) is 5.69 Å². The molecule has 2 atom stereocenters. The molecule has 29 heavy (non-hydrogen) atoms. The van der Waals surface area contributed by atoms with Gasteiger partial charge in [-0.15, -0.1) is 11.3 Å². The predicted molar refractivity (Wildman–Crippen MR) is 115 cm³/mol. The van der Waals surface area contributed by atoms with Gasteiger partial charge in [-0.2, -0.15) is 5.10 Å². The summed E-state index contributed by atoms with van der Waals surface area (Å²) in [5.74, 6) is 0.804. The Balaban J connectivity index is 1.64. The lowest BCUT2D eigenvalue weighted by Gasteiger charge is -2.46. The Kier molecular flexibility index (Phi) is 4.22. The summed E-state index contributed by atoms with van der Waals surface area (Å²) in [4.78, 5) is 11.8. The van der Waals surface area contributed by atoms with Crippen molar-refractivity contribution >= 4 is 38.7 Å². The average molecular weight is 470 g/mol. The van der Waals surface area contributed by atoms with Gasteiger partial charge in [0.2, 0.25) is 5.72 Å². The number of halogens is 1. The van der Waals surface area contributed by atoms with Crippen LogP contribution in [0.5, 0.6) is 5.75 Å². The van der Waals surface area contributed by atoms with Gasteiger partial charge in [-0.25, -0.2) is 5.01 Å². The highest BCUT2D eigenvalue weighted by Gasteiger charge is 2.49. The van der Waals surface area contributed by atoms with Gasteiger partial charge in [-0.1, -0.05) is 22.0 Å². The highest BCUT2D eigenvalue weighted by atomic mass is 79.9. The molecule has 3 aromatic rings. The molecule has 6 nitrogen and oxygen atoms in total. The van der Waals surface area contributed by atoms with E-state index in [1.807, 2.05) is 35.5 Å². The zero-order valence-electron chi connectivity index (χ0n) is 15.4. The quantitative estimate of drug-likeness (QED) is 0.357. The fraction of sp³-hybridized carbons (Fsp3) is 0.190. The van der Waals surface area contributed by atoms with Gasteiger partial charge < -0.3 is 4.74 Å². The van der Waals surface area contributed by atoms with E-state index < -0.39 is 10.6 Å². The van der Waals surface area contributed by atoms with Crippen molar-refractivity contribution in [3.63, 3.8) is 0 Å². The Morgan fingerprint density at radius 3 is 2.76 bits per heavy atom. The van der Waals surface area contributed by atoms with Crippen molar-refractivity contribution in [1.29, 1.82) is 0 Å². The van der Waals surface area contributed by atoms with Crippen molar-refractivity contribution in [1.82, 2.24) is 5.01 Å². The molecule has 5 rings (SSSR count). The first-order chi connectivity index (χ1) is 14.0. The van der Waals surface area contributed by atoms with Gasteiger partial charge >= 0.3 is 0 Å². The van der Waals surface area contributed by atoms with Crippen molar-refractivity contribution in [2.24, 2.45) is 5.10 Å². The number of hydrogen-bond acceptors (Lipinski definition) is 6. The molecule has 0 aliphatic carbocycles. The first-order valence-corrected chi connectivity index (χ1v) is 10.8. The topological polar surface area (TPSA) is 68.0 Å². The highest BCUT2D eigenvalue weighted by Crippen LogP contribution is 2.51. The van der Waals surface area contributed by atoms with Gasteiger partial charge in [0.05, 0.1) is 21.6 Å². The summed E-state index contributed by atoms with van der Waals surface area (Å²) in [7, 11) is 0. The molecule has 0 spiro atoms. The number of nitrogens with zero attached hydrogens (tertiary/aromatic N) is 3. The number of hydrogen-bond donors (Lipinski definition) is 0. The van der Waals surface area contributed by atoms with Crippen LogP contribution in [0.25, 0.3) is 0 Å². The minimum absolute atomic E-state index is 0.0218. The van der Waals surface area contributed by atoms with E-state index in [4.69, 9.17) is 9.84 Å². The maximum Gasteiger partial charge on any atom is 0.269 e. The number of hydrazone groups is 1. The molecular weight excluding hydrogens is 454 g/mol. The van der Waals surface area contributed by atoms with Crippen molar-refractivity contribution in [2.45, 2.75) is 25.1 Å². The average Bonchev–Trinajstić information content (AvgIpc) is 3.39. The summed E-state index contributed by atoms with van der Waals surface area (Å²) in [6, 6.07) is 16.6. The Bertz CT molecular complexity index is 1130. The van der Waals surface area contributed by atoms with Crippen LogP contribution in [-0.2, 0) is 5.72 Å². The third-order valence-electron chi connectivity index (χ3n) is 5.41. The summed E-state index contributed by atoms with van der Waals surface area (Å²) in [6.07, 6.45) is 0.774. The number of thiophene rings is 1. The molecule has 1 aromatic heterocycles. The molecule has 0 unspecified atom stereocenters. The number of non-ortho nitro benzene ring substituents is 1. The van der Waals surface area contributed by atoms with Crippen LogP contribution < -0.4 is 4.74 Å². The van der Waals surface area contributed by atoms with Crippen LogP contribution in [-0.4, -0.2) is 15.6 Å². The second-order valence-corrected chi connectivity index (χ2v) is 9.02. The molecule has 0 radical (unpaired) electrons. The Labute approximate surface area is 179 Å². The lowest BCUT2D eigenvalue weighted by molar-refractivity contribution is -0.384. The number of nitro groups is 1. The Hall–Kier alpha value is -2.71. The number of nitro benzene ring substituents is 1. The molecule has 146 valence electrons. The van der Waals surface area contributed by atoms with Crippen LogP contribution in [0, 0.1) is 10.1 Å². The molecule has 3 heterocycles. The van der Waals surface area contributed by atoms with Crippen molar-refractivity contribution in [3.05, 3.63) is 90.6 Å². The van der Waals surface area contributed by atoms with Crippen LogP contribution in [0.1, 0.15) is 35.4 Å². The minimum Gasteiger partial charge on any atom is -0.462 e. The zero-order chi connectivity index (χ0) is 20.2. The van der Waals surface area contributed by atoms with Crippen LogP contribution in [0.2, 0.25) is 0 Å². The first kappa shape index (κ1) is 18.3. The van der Waals surface area contributed by atoms with Gasteiger partial charge in [-0.3, -0.25) is 10.1 Å². The molecule has 0 fully saturated rings. The molecule has 0 saturated carbocycles. The van der Waals surface area contributed by atoms with E-state index >= 15 is 0 Å². The number of benzene rings is 2. The number of rotatable bonds is 3. The van der Waals surface area contributed by atoms with E-state index in [0.29, 0.717) is 0 Å². The van der Waals surface area contributed by atoms with Crippen molar-refractivity contribution in [2.75, 3.05) is 0 Å². The molecule has 0 bridgehead atoms. The fourth-order valence-corrected chi connectivity index (χ4v) is 5.05. The SMILES string of the molecule is C[C@]1(c2ccc([N+](=O)[O-])cc2)Oc2ccc(Br)cc2[C@@H]2CC(c3cccs3)=NN21. The van der Waals surface area contributed by atoms with Gasteiger partial charge in [0.15, 0.2) is 0 Å². The summed E-state index contributed by atoms with van der Waals surface area (Å²) in [5, 5.41) is 20.1. The molecule has 0 N–H and O–H groups in total. The van der Waals surface area contributed by atoms with Crippen LogP contribution in [0.4, 0.5) is 5.69 Å². The normalized spacial score (nSPS) is 22.5. The Morgan fingerprint density at radius 2 is 2.07 bits per heavy atom. The van der Waals surface area contributed by atoms with Gasteiger partial charge in [0, 0.05) is 41.1 Å². The smallest absolute Gasteiger partial charge is 0.269 e. The minimum atomic E-state index is -0.875. The van der Waals surface area contributed by atoms with E-state index in [1.165, 1.54) is 12.1 Å². The van der Waals surface area contributed by atoms with Crippen molar-refractivity contribution < 1.29 is 9.66 Å². The van der Waals surface area contributed by atoms with Crippen LogP contribution >= 0.6 is 27.3 Å². The highest BCUT2D eigenvalue weighted by molar-refractivity contribution is 9.10. The van der Waals surface area contributed by atoms with E-state index in [2.05, 4.69) is 28.1 Å². The molecule has 2 aliphatic rings. The Morgan fingerprint density at radius 1 is 1.28 bits per heavy atom. The number of ether oxygens (including phenoxy) is 1. The van der Waals surface area contributed by atoms with E-state index in [0.717, 1.165) is 38.4 Å². The monoisotopic (exact) mass is 469 g/mol. The van der Waals surface area contributed by atoms with Crippen LogP contribution in [0.3, 0.4) is 0 Å². The second kappa shape index (κ2) is 6.67.